The molecule has 160 valence electrons. The summed E-state index contributed by atoms with van der Waals surface area (Å²) in [6.45, 7) is 4.45. The number of carbonyl (C=O) groups excluding carboxylic acids is 1. The molecular formula is C27H28FNO2. The Morgan fingerprint density at radius 2 is 1.58 bits per heavy atom. The van der Waals surface area contributed by atoms with Gasteiger partial charge >= 0.3 is 0 Å². The highest BCUT2D eigenvalue weighted by Crippen LogP contribution is 2.43. The van der Waals surface area contributed by atoms with E-state index in [-0.39, 0.29) is 11.7 Å². The van der Waals surface area contributed by atoms with Crippen LogP contribution in [0.3, 0.4) is 0 Å². The van der Waals surface area contributed by atoms with Crippen molar-refractivity contribution in [3.05, 3.63) is 94.8 Å². The number of hydrogen-bond acceptors (Lipinski definition) is 2. The lowest BCUT2D eigenvalue weighted by atomic mass is 9.77. The van der Waals surface area contributed by atoms with Gasteiger partial charge in [-0.2, -0.15) is 0 Å². The van der Waals surface area contributed by atoms with Gasteiger partial charge in [0.15, 0.2) is 0 Å². The van der Waals surface area contributed by atoms with Crippen LogP contribution in [0.5, 0.6) is 5.75 Å². The molecule has 4 heteroatoms. The Morgan fingerprint density at radius 3 is 2.23 bits per heavy atom. The van der Waals surface area contributed by atoms with Gasteiger partial charge < -0.3 is 10.1 Å². The summed E-state index contributed by atoms with van der Waals surface area (Å²) < 4.78 is 20.7. The van der Waals surface area contributed by atoms with E-state index in [1.807, 2.05) is 56.3 Å². The number of aryl methyl sites for hydroxylation is 2. The maximum atomic E-state index is 14.6. The van der Waals surface area contributed by atoms with E-state index < -0.39 is 5.41 Å². The third-order valence-electron chi connectivity index (χ3n) is 6.23. The Balaban J connectivity index is 1.55. The van der Waals surface area contributed by atoms with E-state index in [1.165, 1.54) is 6.07 Å². The van der Waals surface area contributed by atoms with Gasteiger partial charge in [-0.15, -0.1) is 0 Å². The molecule has 0 atom stereocenters. The smallest absolute Gasteiger partial charge is 0.235 e. The summed E-state index contributed by atoms with van der Waals surface area (Å²) in [4.78, 5) is 13.4. The molecule has 31 heavy (non-hydrogen) atoms. The first-order valence-electron chi connectivity index (χ1n) is 10.8. The fourth-order valence-electron chi connectivity index (χ4n) is 4.68. The first-order chi connectivity index (χ1) is 15.0. The van der Waals surface area contributed by atoms with E-state index in [2.05, 4.69) is 5.32 Å². The van der Waals surface area contributed by atoms with Gasteiger partial charge in [-0.1, -0.05) is 61.4 Å². The Bertz CT molecular complexity index is 1050. The lowest BCUT2D eigenvalue weighted by molar-refractivity contribution is -0.121. The van der Waals surface area contributed by atoms with Gasteiger partial charge in [-0.25, -0.2) is 4.39 Å². The van der Waals surface area contributed by atoms with Crippen LogP contribution in [0, 0.1) is 19.7 Å². The maximum Gasteiger partial charge on any atom is 0.235 e. The van der Waals surface area contributed by atoms with Crippen molar-refractivity contribution in [2.45, 2.75) is 51.6 Å². The zero-order chi connectivity index (χ0) is 21.8. The summed E-state index contributed by atoms with van der Waals surface area (Å²) in [5.41, 5.74) is 3.42. The zero-order valence-electron chi connectivity index (χ0n) is 18.1. The van der Waals surface area contributed by atoms with Crippen LogP contribution in [-0.4, -0.2) is 5.91 Å². The Morgan fingerprint density at radius 1 is 0.968 bits per heavy atom. The van der Waals surface area contributed by atoms with E-state index in [9.17, 15) is 9.18 Å². The van der Waals surface area contributed by atoms with Gasteiger partial charge in [0, 0.05) is 11.3 Å². The number of benzene rings is 3. The lowest BCUT2D eigenvalue weighted by Crippen LogP contribution is -2.38. The molecule has 1 amide bonds. The highest BCUT2D eigenvalue weighted by Gasteiger charge is 2.44. The number of halogens is 1. The van der Waals surface area contributed by atoms with Crippen LogP contribution >= 0.6 is 0 Å². The van der Waals surface area contributed by atoms with Crippen LogP contribution in [-0.2, 0) is 16.8 Å². The Hall–Kier alpha value is -3.14. The molecule has 0 spiro atoms. The maximum absolute atomic E-state index is 14.6. The molecule has 1 aliphatic carbocycles. The molecular weight excluding hydrogens is 389 g/mol. The molecule has 3 aromatic rings. The molecule has 4 rings (SSSR count). The predicted octanol–water partition coefficient (Wildman–Crippen LogP) is 6.47. The highest BCUT2D eigenvalue weighted by atomic mass is 19.1. The van der Waals surface area contributed by atoms with E-state index in [1.54, 1.807) is 18.2 Å². The third-order valence-corrected chi connectivity index (χ3v) is 6.23. The Labute approximate surface area is 183 Å². The predicted molar refractivity (Wildman–Crippen MR) is 122 cm³/mol. The lowest BCUT2D eigenvalue weighted by Gasteiger charge is -2.29. The van der Waals surface area contributed by atoms with Crippen molar-refractivity contribution in [3.63, 3.8) is 0 Å². The first-order valence-corrected chi connectivity index (χ1v) is 10.8. The number of amides is 1. The van der Waals surface area contributed by atoms with E-state index in [0.29, 0.717) is 25.0 Å². The van der Waals surface area contributed by atoms with Gasteiger partial charge in [0.05, 0.1) is 5.41 Å². The Kier molecular flexibility index (Phi) is 6.08. The standard InChI is InChI=1S/C27H28FNO2/c1-19-16-22(17-20(2)25(19)31-18-21-10-4-3-5-11-21)29-26(30)27(14-8-9-15-27)23-12-6-7-13-24(23)28/h3-7,10-13,16-17H,8-9,14-15,18H2,1-2H3,(H,29,30). The molecule has 1 aliphatic rings. The summed E-state index contributed by atoms with van der Waals surface area (Å²) >= 11 is 0. The van der Waals surface area contributed by atoms with Crippen molar-refractivity contribution in [1.82, 2.24) is 0 Å². The molecule has 0 bridgehead atoms. The van der Waals surface area contributed by atoms with Gasteiger partial charge in [0.25, 0.3) is 0 Å². The van der Waals surface area contributed by atoms with Gasteiger partial charge in [-0.05, 0) is 61.6 Å². The molecule has 3 aromatic carbocycles. The van der Waals surface area contributed by atoms with Crippen molar-refractivity contribution < 1.29 is 13.9 Å². The van der Waals surface area contributed by atoms with Crippen molar-refractivity contribution in [1.29, 1.82) is 0 Å². The van der Waals surface area contributed by atoms with Crippen molar-refractivity contribution in [2.75, 3.05) is 5.32 Å². The number of ether oxygens (including phenoxy) is 1. The molecule has 1 fully saturated rings. The zero-order valence-corrected chi connectivity index (χ0v) is 18.1. The van der Waals surface area contributed by atoms with Crippen LogP contribution < -0.4 is 10.1 Å². The quantitative estimate of drug-likeness (QED) is 0.499. The summed E-state index contributed by atoms with van der Waals surface area (Å²) in [5.74, 6) is 0.384. The van der Waals surface area contributed by atoms with Gasteiger partial charge in [0.2, 0.25) is 5.91 Å². The second-order valence-electron chi connectivity index (χ2n) is 8.44. The number of anilines is 1. The molecule has 1 N–H and O–H groups in total. The molecule has 0 aromatic heterocycles. The highest BCUT2D eigenvalue weighted by molar-refractivity contribution is 5.99. The number of rotatable bonds is 6. The second-order valence-corrected chi connectivity index (χ2v) is 8.44. The number of nitrogens with one attached hydrogen (secondary N) is 1. The second kappa shape index (κ2) is 8.93. The van der Waals surface area contributed by atoms with Crippen molar-refractivity contribution in [2.24, 2.45) is 0 Å². The fraction of sp³-hybridized carbons (Fsp3) is 0.296. The van der Waals surface area contributed by atoms with Crippen LogP contribution in [0.15, 0.2) is 66.7 Å². The topological polar surface area (TPSA) is 38.3 Å². The van der Waals surface area contributed by atoms with Crippen LogP contribution in [0.1, 0.15) is 47.9 Å². The van der Waals surface area contributed by atoms with E-state index in [4.69, 9.17) is 4.74 Å². The fourth-order valence-corrected chi connectivity index (χ4v) is 4.68. The van der Waals surface area contributed by atoms with Crippen LogP contribution in [0.2, 0.25) is 0 Å². The molecule has 0 radical (unpaired) electrons. The minimum atomic E-state index is -0.810. The van der Waals surface area contributed by atoms with Crippen LogP contribution in [0.4, 0.5) is 10.1 Å². The summed E-state index contributed by atoms with van der Waals surface area (Å²) in [7, 11) is 0. The SMILES string of the molecule is Cc1cc(NC(=O)C2(c3ccccc3F)CCCC2)cc(C)c1OCc1ccccc1. The molecule has 0 unspecified atom stereocenters. The van der Waals surface area contributed by atoms with Crippen molar-refractivity contribution in [3.8, 4) is 5.75 Å². The monoisotopic (exact) mass is 417 g/mol. The molecule has 0 saturated heterocycles. The van der Waals surface area contributed by atoms with Gasteiger partial charge in [-0.3, -0.25) is 4.79 Å². The average Bonchev–Trinajstić information content (AvgIpc) is 3.25. The van der Waals surface area contributed by atoms with Gasteiger partial charge in [0.1, 0.15) is 18.2 Å². The summed E-state index contributed by atoms with van der Waals surface area (Å²) in [6, 6.07) is 20.5. The first kappa shape index (κ1) is 21.1. The molecule has 0 aliphatic heterocycles. The largest absolute Gasteiger partial charge is 0.488 e. The summed E-state index contributed by atoms with van der Waals surface area (Å²) in [6.07, 6.45) is 3.17. The van der Waals surface area contributed by atoms with E-state index >= 15 is 0 Å². The molecule has 0 heterocycles. The molecule has 3 nitrogen and oxygen atoms in total. The molecule has 1 saturated carbocycles. The average molecular weight is 418 g/mol. The van der Waals surface area contributed by atoms with E-state index in [0.717, 1.165) is 41.0 Å². The summed E-state index contributed by atoms with van der Waals surface area (Å²) in [5, 5.41) is 3.07. The number of hydrogen-bond donors (Lipinski definition) is 1. The van der Waals surface area contributed by atoms with Crippen LogP contribution in [0.25, 0.3) is 0 Å². The van der Waals surface area contributed by atoms with Crippen molar-refractivity contribution >= 4 is 11.6 Å². The minimum absolute atomic E-state index is 0.133. The third kappa shape index (κ3) is 4.34. The minimum Gasteiger partial charge on any atom is -0.488 e. The number of carbonyl (C=O) groups is 1. The normalized spacial score (nSPS) is 14.9.